The zero-order valence-electron chi connectivity index (χ0n) is 14.4. The fraction of sp³-hybridized carbons (Fsp3) is 0.211. The number of thiophene rings is 1. The summed E-state index contributed by atoms with van der Waals surface area (Å²) in [6.45, 7) is 3.99. The fourth-order valence-electron chi connectivity index (χ4n) is 2.30. The molecule has 1 aromatic carbocycles. The molecule has 2 aromatic heterocycles. The zero-order valence-corrected chi connectivity index (χ0v) is 16.1. The molecule has 0 saturated carbocycles. The van der Waals surface area contributed by atoms with Crippen molar-refractivity contribution in [2.45, 2.75) is 26.9 Å². The highest BCUT2D eigenvalue weighted by Gasteiger charge is 2.13. The van der Waals surface area contributed by atoms with E-state index < -0.39 is 0 Å². The van der Waals surface area contributed by atoms with Gasteiger partial charge in [-0.1, -0.05) is 18.2 Å². The number of aromatic nitrogens is 1. The molecule has 7 heteroatoms. The van der Waals surface area contributed by atoms with Gasteiger partial charge >= 0.3 is 5.97 Å². The summed E-state index contributed by atoms with van der Waals surface area (Å²) < 4.78 is 5.27. The first kappa shape index (κ1) is 18.3. The minimum atomic E-state index is -0.352. The Labute approximate surface area is 159 Å². The van der Waals surface area contributed by atoms with Crippen molar-refractivity contribution < 1.29 is 14.3 Å². The maximum atomic E-state index is 12.2. The standard InChI is InChI=1S/C19H18N2O3S2/c1-12-5-3-4-6-15(12)21-17(22)9-18-20-14(11-25-18)10-24-19(23)16-8-7-13(2)26-16/h3-8,11H,9-10H2,1-2H3,(H,21,22). The lowest BCUT2D eigenvalue weighted by molar-refractivity contribution is -0.115. The van der Waals surface area contributed by atoms with Crippen molar-refractivity contribution in [2.75, 3.05) is 5.32 Å². The van der Waals surface area contributed by atoms with Crippen molar-refractivity contribution in [2.24, 2.45) is 0 Å². The van der Waals surface area contributed by atoms with Crippen LogP contribution in [0.25, 0.3) is 0 Å². The number of carbonyl (C=O) groups is 2. The third-order valence-corrected chi connectivity index (χ3v) is 5.50. The average molecular weight is 386 g/mol. The maximum Gasteiger partial charge on any atom is 0.348 e. The lowest BCUT2D eigenvalue weighted by Gasteiger charge is -2.06. The SMILES string of the molecule is Cc1ccc(C(=O)OCc2csc(CC(=O)Nc3ccccc3C)n2)s1. The van der Waals surface area contributed by atoms with E-state index in [0.29, 0.717) is 15.6 Å². The van der Waals surface area contributed by atoms with Gasteiger partial charge in [0.1, 0.15) is 16.5 Å². The molecule has 0 radical (unpaired) electrons. The third kappa shape index (κ3) is 4.77. The number of benzene rings is 1. The fourth-order valence-corrected chi connectivity index (χ4v) is 3.83. The topological polar surface area (TPSA) is 68.3 Å². The molecule has 0 bridgehead atoms. The third-order valence-electron chi connectivity index (χ3n) is 3.62. The number of thiazole rings is 1. The van der Waals surface area contributed by atoms with Crippen molar-refractivity contribution in [3.8, 4) is 0 Å². The Morgan fingerprint density at radius 1 is 1.15 bits per heavy atom. The van der Waals surface area contributed by atoms with Crippen molar-refractivity contribution in [1.82, 2.24) is 4.98 Å². The van der Waals surface area contributed by atoms with Crippen LogP contribution in [0.3, 0.4) is 0 Å². The number of nitrogens with zero attached hydrogens (tertiary/aromatic N) is 1. The van der Waals surface area contributed by atoms with E-state index in [-0.39, 0.29) is 24.9 Å². The number of hydrogen-bond donors (Lipinski definition) is 1. The van der Waals surface area contributed by atoms with E-state index in [1.807, 2.05) is 49.6 Å². The molecule has 1 N–H and O–H groups in total. The first-order valence-corrected chi connectivity index (χ1v) is 9.73. The zero-order chi connectivity index (χ0) is 18.5. The summed E-state index contributed by atoms with van der Waals surface area (Å²) >= 11 is 2.78. The second kappa shape index (κ2) is 8.25. The number of carbonyl (C=O) groups excluding carboxylic acids is 2. The molecule has 0 saturated heterocycles. The van der Waals surface area contributed by atoms with Crippen molar-refractivity contribution in [3.05, 3.63) is 67.8 Å². The Morgan fingerprint density at radius 3 is 2.69 bits per heavy atom. The first-order valence-electron chi connectivity index (χ1n) is 8.03. The molecule has 2 heterocycles. The Morgan fingerprint density at radius 2 is 1.96 bits per heavy atom. The molecule has 0 unspecified atom stereocenters. The number of aryl methyl sites for hydroxylation is 2. The van der Waals surface area contributed by atoms with E-state index in [0.717, 1.165) is 16.1 Å². The Kier molecular flexibility index (Phi) is 5.80. The normalized spacial score (nSPS) is 10.5. The van der Waals surface area contributed by atoms with Crippen LogP contribution in [0.15, 0.2) is 41.8 Å². The van der Waals surface area contributed by atoms with E-state index in [2.05, 4.69) is 10.3 Å². The summed E-state index contributed by atoms with van der Waals surface area (Å²) in [6.07, 6.45) is 0.192. The van der Waals surface area contributed by atoms with Crippen LogP contribution in [0.1, 0.15) is 30.8 Å². The van der Waals surface area contributed by atoms with Crippen LogP contribution in [0, 0.1) is 13.8 Å². The first-order chi connectivity index (χ1) is 12.5. The van der Waals surface area contributed by atoms with Gasteiger partial charge in [-0.05, 0) is 37.6 Å². The Balaban J connectivity index is 1.52. The largest absolute Gasteiger partial charge is 0.455 e. The molecule has 0 spiro atoms. The molecule has 134 valence electrons. The number of hydrogen-bond acceptors (Lipinski definition) is 6. The molecule has 0 aliphatic rings. The minimum absolute atomic E-state index is 0.103. The van der Waals surface area contributed by atoms with Crippen molar-refractivity contribution in [1.29, 1.82) is 0 Å². The van der Waals surface area contributed by atoms with Crippen LogP contribution in [0.5, 0.6) is 0 Å². The molecule has 5 nitrogen and oxygen atoms in total. The molecule has 0 atom stereocenters. The van der Waals surface area contributed by atoms with E-state index >= 15 is 0 Å². The second-order valence-corrected chi connectivity index (χ2v) is 7.99. The summed E-state index contributed by atoms with van der Waals surface area (Å²) in [5.41, 5.74) is 2.46. The van der Waals surface area contributed by atoms with E-state index in [4.69, 9.17) is 4.74 Å². The van der Waals surface area contributed by atoms with Gasteiger partial charge in [-0.15, -0.1) is 22.7 Å². The minimum Gasteiger partial charge on any atom is -0.455 e. The van der Waals surface area contributed by atoms with E-state index in [1.54, 1.807) is 6.07 Å². The van der Waals surface area contributed by atoms with Gasteiger partial charge in [0.25, 0.3) is 0 Å². The molecule has 0 aliphatic heterocycles. The predicted octanol–water partition coefficient (Wildman–Crippen LogP) is 4.36. The molecule has 3 aromatic rings. The smallest absolute Gasteiger partial charge is 0.348 e. The molecule has 0 fully saturated rings. The van der Waals surface area contributed by atoms with Crippen molar-refractivity contribution >= 4 is 40.2 Å². The number of nitrogens with one attached hydrogen (secondary N) is 1. The summed E-state index contributed by atoms with van der Waals surface area (Å²) in [7, 11) is 0. The summed E-state index contributed by atoms with van der Waals surface area (Å²) in [6, 6.07) is 11.3. The van der Waals surface area contributed by atoms with Crippen LogP contribution < -0.4 is 5.32 Å². The highest BCUT2D eigenvalue weighted by Crippen LogP contribution is 2.18. The maximum absolute atomic E-state index is 12.2. The monoisotopic (exact) mass is 386 g/mol. The molecular weight excluding hydrogens is 368 g/mol. The van der Waals surface area contributed by atoms with Gasteiger partial charge in [-0.25, -0.2) is 9.78 Å². The van der Waals surface area contributed by atoms with E-state index in [1.165, 1.54) is 22.7 Å². The molecule has 1 amide bonds. The van der Waals surface area contributed by atoms with Crippen LogP contribution in [0.4, 0.5) is 5.69 Å². The van der Waals surface area contributed by atoms with Gasteiger partial charge in [0.05, 0.1) is 12.1 Å². The summed E-state index contributed by atoms with van der Waals surface area (Å²) in [5, 5.41) is 5.38. The average Bonchev–Trinajstić information content (AvgIpc) is 3.24. The van der Waals surface area contributed by atoms with Gasteiger partial charge in [0.2, 0.25) is 5.91 Å². The highest BCUT2D eigenvalue weighted by molar-refractivity contribution is 7.13. The van der Waals surface area contributed by atoms with Gasteiger partial charge in [0, 0.05) is 15.9 Å². The predicted molar refractivity (Wildman–Crippen MR) is 104 cm³/mol. The molecule has 26 heavy (non-hydrogen) atoms. The van der Waals surface area contributed by atoms with Crippen molar-refractivity contribution in [3.63, 3.8) is 0 Å². The number of esters is 1. The number of ether oxygens (including phenoxy) is 1. The lowest BCUT2D eigenvalue weighted by atomic mass is 10.2. The van der Waals surface area contributed by atoms with Gasteiger partial charge in [-0.3, -0.25) is 4.79 Å². The van der Waals surface area contributed by atoms with Crippen LogP contribution >= 0.6 is 22.7 Å². The lowest BCUT2D eigenvalue weighted by Crippen LogP contribution is -2.15. The van der Waals surface area contributed by atoms with Crippen LogP contribution in [-0.2, 0) is 22.6 Å². The van der Waals surface area contributed by atoms with E-state index in [9.17, 15) is 9.59 Å². The Hall–Kier alpha value is -2.51. The van der Waals surface area contributed by atoms with Gasteiger partial charge in [0.15, 0.2) is 0 Å². The number of rotatable bonds is 6. The van der Waals surface area contributed by atoms with Crippen LogP contribution in [-0.4, -0.2) is 16.9 Å². The van der Waals surface area contributed by atoms with Gasteiger partial charge in [-0.2, -0.15) is 0 Å². The van der Waals surface area contributed by atoms with Gasteiger partial charge < -0.3 is 10.1 Å². The molecular formula is C19H18N2O3S2. The number of para-hydroxylation sites is 1. The summed E-state index contributed by atoms with van der Waals surface area (Å²) in [4.78, 5) is 30.1. The quantitative estimate of drug-likeness (QED) is 0.639. The molecule has 3 rings (SSSR count). The second-order valence-electron chi connectivity index (χ2n) is 5.76. The number of anilines is 1. The van der Waals surface area contributed by atoms with Crippen LogP contribution in [0.2, 0.25) is 0 Å². The highest BCUT2D eigenvalue weighted by atomic mass is 32.1. The number of amides is 1. The Bertz CT molecular complexity index is 930. The molecule has 0 aliphatic carbocycles. The summed E-state index contributed by atoms with van der Waals surface area (Å²) in [5.74, 6) is -0.471.